The number of amides is 3. The number of halogens is 1. The Morgan fingerprint density at radius 1 is 0.842 bits per heavy atom. The summed E-state index contributed by atoms with van der Waals surface area (Å²) in [4.78, 5) is 51.2. The summed E-state index contributed by atoms with van der Waals surface area (Å²) in [5.74, 6) is -1.72. The Labute approximate surface area is 225 Å². The number of ether oxygens (including phenoxy) is 1. The maximum atomic E-state index is 13.0. The van der Waals surface area contributed by atoms with Gasteiger partial charge in [-0.2, -0.15) is 0 Å². The van der Waals surface area contributed by atoms with Crippen molar-refractivity contribution < 1.29 is 23.9 Å². The number of anilines is 3. The van der Waals surface area contributed by atoms with E-state index in [-0.39, 0.29) is 28.9 Å². The van der Waals surface area contributed by atoms with E-state index in [0.717, 1.165) is 4.90 Å². The van der Waals surface area contributed by atoms with Gasteiger partial charge in [-0.15, -0.1) is 0 Å². The van der Waals surface area contributed by atoms with E-state index in [1.54, 1.807) is 31.2 Å². The third-order valence-corrected chi connectivity index (χ3v) is 6.27. The van der Waals surface area contributed by atoms with Crippen LogP contribution in [0.15, 0.2) is 83.5 Å². The number of imide groups is 1. The van der Waals surface area contributed by atoms with Gasteiger partial charge in [0.15, 0.2) is 0 Å². The molecule has 0 spiro atoms. The molecule has 3 aromatic carbocycles. The summed E-state index contributed by atoms with van der Waals surface area (Å²) in [6.07, 6.45) is 0. The molecule has 1 aliphatic heterocycles. The van der Waals surface area contributed by atoms with Crippen LogP contribution < -0.4 is 15.5 Å². The molecule has 9 heteroatoms. The number of nitrogens with one attached hydrogen (secondary N) is 2. The summed E-state index contributed by atoms with van der Waals surface area (Å²) in [6, 6.07) is 20.0. The maximum absolute atomic E-state index is 13.0. The molecular weight excluding hydrogens is 506 g/mol. The van der Waals surface area contributed by atoms with Crippen LogP contribution in [0.5, 0.6) is 0 Å². The Kier molecular flexibility index (Phi) is 7.93. The summed E-state index contributed by atoms with van der Waals surface area (Å²) in [7, 11) is 0. The Balaban J connectivity index is 1.43. The van der Waals surface area contributed by atoms with Crippen LogP contribution in [0.4, 0.5) is 17.1 Å². The number of benzene rings is 3. The van der Waals surface area contributed by atoms with Gasteiger partial charge in [0.1, 0.15) is 10.7 Å². The van der Waals surface area contributed by atoms with Gasteiger partial charge in [-0.1, -0.05) is 37.6 Å². The van der Waals surface area contributed by atoms with E-state index in [0.29, 0.717) is 28.4 Å². The van der Waals surface area contributed by atoms with Crippen LogP contribution in [0.25, 0.3) is 0 Å². The summed E-state index contributed by atoms with van der Waals surface area (Å²) in [6.45, 7) is 6.13. The first-order valence-electron chi connectivity index (χ1n) is 12.0. The van der Waals surface area contributed by atoms with E-state index in [1.165, 1.54) is 29.8 Å². The highest BCUT2D eigenvalue weighted by Crippen LogP contribution is 2.30. The average Bonchev–Trinajstić information content (AvgIpc) is 3.12. The van der Waals surface area contributed by atoms with Gasteiger partial charge in [-0.05, 0) is 79.1 Å². The lowest BCUT2D eigenvalue weighted by Crippen LogP contribution is -2.32. The molecule has 8 nitrogen and oxygen atoms in total. The molecule has 0 saturated heterocycles. The van der Waals surface area contributed by atoms with Crippen LogP contribution in [0.3, 0.4) is 0 Å². The van der Waals surface area contributed by atoms with E-state index >= 15 is 0 Å². The first-order valence-corrected chi connectivity index (χ1v) is 12.4. The predicted octanol–water partition coefficient (Wildman–Crippen LogP) is 5.67. The predicted molar refractivity (Wildman–Crippen MR) is 146 cm³/mol. The number of nitrogens with zero attached hydrogens (tertiary/aromatic N) is 1. The topological polar surface area (TPSA) is 105 Å². The maximum Gasteiger partial charge on any atom is 0.338 e. The SMILES string of the molecule is CCOC(=O)c1ccc(N2C(=O)C(Cl)=C(Nc3ccc(C(=O)Nc4ccc(C(C)C)cc4)cc3)C2=O)cc1. The summed E-state index contributed by atoms with van der Waals surface area (Å²) in [5, 5.41) is 5.47. The Bertz CT molecular complexity index is 1410. The van der Waals surface area contributed by atoms with Gasteiger partial charge in [0.2, 0.25) is 0 Å². The smallest absolute Gasteiger partial charge is 0.338 e. The molecule has 0 radical (unpaired) electrons. The van der Waals surface area contributed by atoms with Crippen LogP contribution in [0, 0.1) is 0 Å². The highest BCUT2D eigenvalue weighted by molar-refractivity contribution is 6.53. The lowest BCUT2D eigenvalue weighted by Gasteiger charge is -2.15. The minimum atomic E-state index is -0.692. The van der Waals surface area contributed by atoms with Gasteiger partial charge >= 0.3 is 5.97 Å². The second-order valence-electron chi connectivity index (χ2n) is 8.84. The van der Waals surface area contributed by atoms with Gasteiger partial charge in [0.25, 0.3) is 17.7 Å². The van der Waals surface area contributed by atoms with E-state index in [4.69, 9.17) is 16.3 Å². The van der Waals surface area contributed by atoms with Crippen molar-refractivity contribution in [3.8, 4) is 0 Å². The number of hydrogen-bond donors (Lipinski definition) is 2. The number of esters is 1. The molecule has 0 unspecified atom stereocenters. The van der Waals surface area contributed by atoms with Crippen molar-refractivity contribution in [2.45, 2.75) is 26.7 Å². The molecule has 4 rings (SSSR count). The van der Waals surface area contributed by atoms with Crippen LogP contribution >= 0.6 is 11.6 Å². The molecule has 0 fully saturated rings. The largest absolute Gasteiger partial charge is 0.462 e. The van der Waals surface area contributed by atoms with Crippen LogP contribution in [0.1, 0.15) is 53.0 Å². The zero-order valence-corrected chi connectivity index (χ0v) is 21.8. The van der Waals surface area contributed by atoms with Crippen molar-refractivity contribution in [2.75, 3.05) is 22.1 Å². The van der Waals surface area contributed by atoms with E-state index in [1.807, 2.05) is 24.3 Å². The molecule has 1 aliphatic rings. The minimum absolute atomic E-state index is 0.0893. The molecule has 3 amide bonds. The van der Waals surface area contributed by atoms with Crippen molar-refractivity contribution in [1.82, 2.24) is 0 Å². The monoisotopic (exact) mass is 531 g/mol. The lowest BCUT2D eigenvalue weighted by molar-refractivity contribution is -0.120. The van der Waals surface area contributed by atoms with Crippen LogP contribution in [0.2, 0.25) is 0 Å². The number of carbonyl (C=O) groups excluding carboxylic acids is 4. The van der Waals surface area contributed by atoms with Gasteiger partial charge < -0.3 is 15.4 Å². The summed E-state index contributed by atoms with van der Waals surface area (Å²) < 4.78 is 4.95. The van der Waals surface area contributed by atoms with Gasteiger partial charge in [-0.3, -0.25) is 14.4 Å². The number of rotatable bonds is 8. The molecule has 0 atom stereocenters. The van der Waals surface area contributed by atoms with Crippen molar-refractivity contribution in [3.05, 3.63) is 100 Å². The third-order valence-electron chi connectivity index (χ3n) is 5.92. The summed E-state index contributed by atoms with van der Waals surface area (Å²) >= 11 is 6.21. The third kappa shape index (κ3) is 5.60. The van der Waals surface area contributed by atoms with Crippen LogP contribution in [-0.2, 0) is 14.3 Å². The molecule has 0 aliphatic carbocycles. The molecule has 194 valence electrons. The van der Waals surface area contributed by atoms with Crippen molar-refractivity contribution in [1.29, 1.82) is 0 Å². The Hall–Kier alpha value is -4.43. The lowest BCUT2D eigenvalue weighted by atomic mass is 10.0. The fourth-order valence-electron chi connectivity index (χ4n) is 3.81. The van der Waals surface area contributed by atoms with E-state index < -0.39 is 17.8 Å². The Morgan fingerprint density at radius 2 is 1.42 bits per heavy atom. The number of carbonyl (C=O) groups is 4. The van der Waals surface area contributed by atoms with Gasteiger partial charge in [0, 0.05) is 16.9 Å². The summed E-state index contributed by atoms with van der Waals surface area (Å²) in [5.41, 5.74) is 3.22. The van der Waals surface area contributed by atoms with Crippen molar-refractivity contribution >= 4 is 52.4 Å². The second kappa shape index (κ2) is 11.3. The average molecular weight is 532 g/mol. The normalized spacial score (nSPS) is 13.2. The first kappa shape index (κ1) is 26.6. The van der Waals surface area contributed by atoms with E-state index in [9.17, 15) is 19.2 Å². The zero-order chi connectivity index (χ0) is 27.4. The first-order chi connectivity index (χ1) is 18.2. The van der Waals surface area contributed by atoms with Gasteiger partial charge in [-0.25, -0.2) is 9.69 Å². The Morgan fingerprint density at radius 3 is 2.00 bits per heavy atom. The molecule has 0 bridgehead atoms. The van der Waals surface area contributed by atoms with Gasteiger partial charge in [0.05, 0.1) is 17.9 Å². The molecule has 38 heavy (non-hydrogen) atoms. The quantitative estimate of drug-likeness (QED) is 0.286. The fraction of sp³-hybridized carbons (Fsp3) is 0.172. The highest BCUT2D eigenvalue weighted by atomic mass is 35.5. The van der Waals surface area contributed by atoms with Crippen molar-refractivity contribution in [3.63, 3.8) is 0 Å². The molecule has 0 aromatic heterocycles. The molecule has 2 N–H and O–H groups in total. The van der Waals surface area contributed by atoms with Crippen molar-refractivity contribution in [2.24, 2.45) is 0 Å². The number of hydrogen-bond acceptors (Lipinski definition) is 6. The zero-order valence-electron chi connectivity index (χ0n) is 21.1. The molecule has 1 heterocycles. The molecular formula is C29H26ClN3O5. The van der Waals surface area contributed by atoms with E-state index in [2.05, 4.69) is 24.5 Å². The second-order valence-corrected chi connectivity index (χ2v) is 9.21. The molecule has 0 saturated carbocycles. The fourth-order valence-corrected chi connectivity index (χ4v) is 4.02. The standard InChI is InChI=1S/C29H26ClN3O5/c1-4-38-29(37)20-9-15-23(16-10-20)33-27(35)24(30)25(28(33)36)31-21-13-7-19(8-14-21)26(34)32-22-11-5-18(6-12-22)17(2)3/h5-17,31H,4H2,1-3H3,(H,32,34). The molecule has 3 aromatic rings. The minimum Gasteiger partial charge on any atom is -0.462 e. The highest BCUT2D eigenvalue weighted by Gasteiger charge is 2.39. The van der Waals surface area contributed by atoms with Crippen LogP contribution in [-0.4, -0.2) is 30.3 Å².